The highest BCUT2D eigenvalue weighted by Crippen LogP contribution is 2.42. The Morgan fingerprint density at radius 3 is 2.57 bits per heavy atom. The van der Waals surface area contributed by atoms with Crippen LogP contribution in [0.25, 0.3) is 0 Å². The lowest BCUT2D eigenvalue weighted by atomic mass is 9.85. The molecule has 170 valence electrons. The first-order valence-electron chi connectivity index (χ1n) is 12.3. The molecule has 0 radical (unpaired) electrons. The van der Waals surface area contributed by atoms with Crippen LogP contribution in [0.15, 0.2) is 17.7 Å². The molecule has 0 fully saturated rings. The molecule has 0 aliphatic carbocycles. The zero-order valence-electron chi connectivity index (χ0n) is 20.7. The average Bonchev–Trinajstić information content (AvgIpc) is 2.67. The number of aromatic hydroxyl groups is 1. The van der Waals surface area contributed by atoms with Crippen LogP contribution in [-0.4, -0.2) is 10.7 Å². The number of benzene rings is 1. The lowest BCUT2D eigenvalue weighted by Gasteiger charge is -2.37. The molecule has 2 rings (SSSR count). The topological polar surface area (TPSA) is 29.5 Å². The summed E-state index contributed by atoms with van der Waals surface area (Å²) in [5.74, 6) is 3.01. The van der Waals surface area contributed by atoms with Crippen molar-refractivity contribution in [1.82, 2.24) is 0 Å². The van der Waals surface area contributed by atoms with Crippen molar-refractivity contribution >= 4 is 0 Å². The molecule has 0 spiro atoms. The van der Waals surface area contributed by atoms with E-state index in [0.29, 0.717) is 5.75 Å². The van der Waals surface area contributed by atoms with Gasteiger partial charge in [0, 0.05) is 0 Å². The summed E-state index contributed by atoms with van der Waals surface area (Å²) in [7, 11) is 0. The van der Waals surface area contributed by atoms with Crippen molar-refractivity contribution in [2.75, 3.05) is 0 Å². The van der Waals surface area contributed by atoms with E-state index >= 15 is 0 Å². The molecule has 0 aromatic heterocycles. The van der Waals surface area contributed by atoms with Crippen molar-refractivity contribution in [2.24, 2.45) is 11.8 Å². The summed E-state index contributed by atoms with van der Waals surface area (Å²) in [5.41, 5.74) is 4.70. The first-order valence-corrected chi connectivity index (χ1v) is 12.3. The van der Waals surface area contributed by atoms with Gasteiger partial charge < -0.3 is 9.84 Å². The molecule has 2 nitrogen and oxygen atoms in total. The van der Waals surface area contributed by atoms with Gasteiger partial charge in [0.25, 0.3) is 0 Å². The molecule has 1 N–H and O–H groups in total. The van der Waals surface area contributed by atoms with Crippen LogP contribution in [0.5, 0.6) is 11.5 Å². The average molecular weight is 415 g/mol. The van der Waals surface area contributed by atoms with Crippen LogP contribution >= 0.6 is 0 Å². The van der Waals surface area contributed by atoms with Gasteiger partial charge in [-0.05, 0) is 114 Å². The molecule has 2 atom stereocenters. The molecule has 0 amide bonds. The predicted molar refractivity (Wildman–Crippen MR) is 130 cm³/mol. The normalized spacial score (nSPS) is 20.2. The number of fused-ring (bicyclic) bond motifs is 1. The van der Waals surface area contributed by atoms with E-state index in [1.54, 1.807) is 5.57 Å². The Bertz CT molecular complexity index is 716. The number of hydrogen-bond donors (Lipinski definition) is 1. The third-order valence-corrected chi connectivity index (χ3v) is 7.07. The quantitative estimate of drug-likeness (QED) is 0.368. The van der Waals surface area contributed by atoms with Crippen molar-refractivity contribution in [3.63, 3.8) is 0 Å². The Labute approximate surface area is 186 Å². The number of hydrogen-bond acceptors (Lipinski definition) is 2. The number of phenols is 1. The number of ether oxygens (including phenoxy) is 1. The van der Waals surface area contributed by atoms with Gasteiger partial charge in [-0.3, -0.25) is 0 Å². The molecule has 1 aromatic rings. The Morgan fingerprint density at radius 2 is 1.87 bits per heavy atom. The maximum Gasteiger partial charge on any atom is 0.126 e. The largest absolute Gasteiger partial charge is 0.508 e. The van der Waals surface area contributed by atoms with E-state index in [1.807, 2.05) is 13.0 Å². The minimum atomic E-state index is -0.0756. The molecule has 2 heteroatoms. The van der Waals surface area contributed by atoms with Gasteiger partial charge in [0.1, 0.15) is 17.1 Å². The van der Waals surface area contributed by atoms with Gasteiger partial charge in [-0.2, -0.15) is 0 Å². The molecule has 0 saturated heterocycles. The fraction of sp³-hybridized carbons (Fsp3) is 0.714. The van der Waals surface area contributed by atoms with E-state index < -0.39 is 0 Å². The van der Waals surface area contributed by atoms with Gasteiger partial charge in [0.2, 0.25) is 0 Å². The molecule has 1 aromatic carbocycles. The van der Waals surface area contributed by atoms with Crippen molar-refractivity contribution < 1.29 is 9.84 Å². The van der Waals surface area contributed by atoms with Crippen LogP contribution < -0.4 is 4.74 Å². The lowest BCUT2D eigenvalue weighted by Crippen LogP contribution is -2.36. The van der Waals surface area contributed by atoms with E-state index in [2.05, 4.69) is 47.6 Å². The fourth-order valence-electron chi connectivity index (χ4n) is 4.62. The second-order valence-electron chi connectivity index (χ2n) is 10.6. The number of phenolic OH excluding ortho intramolecular Hbond substituents is 1. The summed E-state index contributed by atoms with van der Waals surface area (Å²) in [6, 6.07) is 1.90. The monoisotopic (exact) mass is 414 g/mol. The van der Waals surface area contributed by atoms with Gasteiger partial charge in [-0.1, -0.05) is 45.3 Å². The molecule has 30 heavy (non-hydrogen) atoms. The van der Waals surface area contributed by atoms with Crippen LogP contribution in [0.2, 0.25) is 0 Å². The molecule has 1 aliphatic rings. The summed E-state index contributed by atoms with van der Waals surface area (Å²) < 4.78 is 6.51. The van der Waals surface area contributed by atoms with Crippen LogP contribution in [-0.2, 0) is 6.42 Å². The minimum Gasteiger partial charge on any atom is -0.508 e. The van der Waals surface area contributed by atoms with Gasteiger partial charge >= 0.3 is 0 Å². The fourth-order valence-corrected chi connectivity index (χ4v) is 4.62. The van der Waals surface area contributed by atoms with Gasteiger partial charge in [-0.15, -0.1) is 0 Å². The highest BCUT2D eigenvalue weighted by Gasteiger charge is 2.32. The maximum atomic E-state index is 10.1. The maximum absolute atomic E-state index is 10.1. The molecule has 0 saturated carbocycles. The minimum absolute atomic E-state index is 0.0756. The van der Waals surface area contributed by atoms with Crippen molar-refractivity contribution in [3.05, 3.63) is 34.4 Å². The highest BCUT2D eigenvalue weighted by atomic mass is 16.5. The van der Waals surface area contributed by atoms with Crippen LogP contribution in [0.3, 0.4) is 0 Å². The Kier molecular flexibility index (Phi) is 9.31. The first-order chi connectivity index (χ1) is 14.1. The van der Waals surface area contributed by atoms with E-state index in [1.165, 1.54) is 44.9 Å². The molecular formula is C28H46O2. The Morgan fingerprint density at radius 1 is 1.13 bits per heavy atom. The summed E-state index contributed by atoms with van der Waals surface area (Å²) in [4.78, 5) is 0. The Balaban J connectivity index is 1.74. The van der Waals surface area contributed by atoms with E-state index in [0.717, 1.165) is 53.5 Å². The standard InChI is InChI=1S/C28H46O2/c1-20(2)11-8-12-21(3)13-9-14-22(4)15-10-17-28(7)18-16-25-19-26(29)23(5)24(6)27(25)30-28/h13,19-20,22,29H,8-12,14-18H2,1-7H3/b21-13+. The van der Waals surface area contributed by atoms with E-state index in [4.69, 9.17) is 4.74 Å². The summed E-state index contributed by atoms with van der Waals surface area (Å²) in [5, 5.41) is 10.1. The van der Waals surface area contributed by atoms with Crippen LogP contribution in [0.1, 0.15) is 109 Å². The third-order valence-electron chi connectivity index (χ3n) is 7.07. The number of rotatable bonds is 11. The van der Waals surface area contributed by atoms with Crippen molar-refractivity contribution in [1.29, 1.82) is 0 Å². The van der Waals surface area contributed by atoms with Gasteiger partial charge in [0.05, 0.1) is 0 Å². The number of aryl methyl sites for hydroxylation is 1. The second kappa shape index (κ2) is 11.3. The molecule has 1 aliphatic heterocycles. The third kappa shape index (κ3) is 7.36. The van der Waals surface area contributed by atoms with E-state index in [-0.39, 0.29) is 5.60 Å². The summed E-state index contributed by atoms with van der Waals surface area (Å²) in [6.07, 6.45) is 14.6. The molecular weight excluding hydrogens is 368 g/mol. The van der Waals surface area contributed by atoms with Crippen LogP contribution in [0.4, 0.5) is 0 Å². The lowest BCUT2D eigenvalue weighted by molar-refractivity contribution is 0.0514. The van der Waals surface area contributed by atoms with Crippen molar-refractivity contribution in [3.8, 4) is 11.5 Å². The van der Waals surface area contributed by atoms with Gasteiger partial charge in [0.15, 0.2) is 0 Å². The second-order valence-corrected chi connectivity index (χ2v) is 10.6. The SMILES string of the molecule is C/C(=C\CCC(C)CCCC1(C)CCc2cc(O)c(C)c(C)c2O1)CCCC(C)C. The number of allylic oxidation sites excluding steroid dienone is 2. The summed E-state index contributed by atoms with van der Waals surface area (Å²) >= 11 is 0. The first kappa shape index (κ1) is 24.8. The zero-order valence-corrected chi connectivity index (χ0v) is 20.7. The van der Waals surface area contributed by atoms with E-state index in [9.17, 15) is 5.11 Å². The molecule has 2 unspecified atom stereocenters. The molecule has 1 heterocycles. The summed E-state index contributed by atoms with van der Waals surface area (Å²) in [6.45, 7) is 15.6. The smallest absolute Gasteiger partial charge is 0.126 e. The predicted octanol–water partition coefficient (Wildman–Crippen LogP) is 8.45. The van der Waals surface area contributed by atoms with Gasteiger partial charge in [-0.25, -0.2) is 0 Å². The Hall–Kier alpha value is -1.44. The zero-order chi connectivity index (χ0) is 22.3. The van der Waals surface area contributed by atoms with Crippen molar-refractivity contribution in [2.45, 2.75) is 118 Å². The highest BCUT2D eigenvalue weighted by molar-refractivity contribution is 5.53. The van der Waals surface area contributed by atoms with Crippen LogP contribution in [0, 0.1) is 25.7 Å². The molecule has 0 bridgehead atoms.